The van der Waals surface area contributed by atoms with Gasteiger partial charge in [0.1, 0.15) is 17.4 Å². The first-order valence-corrected chi connectivity index (χ1v) is 10.8. The fraction of sp³-hybridized carbons (Fsp3) is 0.200. The highest BCUT2D eigenvalue weighted by atomic mass is 35.5. The molecule has 33 heavy (non-hydrogen) atoms. The summed E-state index contributed by atoms with van der Waals surface area (Å²) in [5.41, 5.74) is 1.61. The molecule has 0 radical (unpaired) electrons. The van der Waals surface area contributed by atoms with Crippen molar-refractivity contribution in [1.29, 1.82) is 0 Å². The molecular formula is C25H21ClF2N2O3. The molecule has 0 aromatic heterocycles. The molecule has 0 saturated carbocycles. The topological polar surface area (TPSA) is 58.6 Å². The van der Waals surface area contributed by atoms with E-state index >= 15 is 0 Å². The summed E-state index contributed by atoms with van der Waals surface area (Å²) in [5.74, 6) is -2.05. The van der Waals surface area contributed by atoms with Gasteiger partial charge in [-0.2, -0.15) is 0 Å². The molecule has 1 aliphatic rings. The molecule has 8 heteroatoms. The minimum atomic E-state index is -0.951. The lowest BCUT2D eigenvalue weighted by atomic mass is 10.1. The van der Waals surface area contributed by atoms with Gasteiger partial charge in [-0.15, -0.1) is 0 Å². The summed E-state index contributed by atoms with van der Waals surface area (Å²) in [5, 5.41) is 3.18. The first-order chi connectivity index (χ1) is 15.9. The molecule has 0 fully saturated rings. The van der Waals surface area contributed by atoms with Crippen LogP contribution in [0, 0.1) is 11.6 Å². The second kappa shape index (κ2) is 9.58. The van der Waals surface area contributed by atoms with Crippen molar-refractivity contribution in [1.82, 2.24) is 4.90 Å². The molecule has 5 nitrogen and oxygen atoms in total. The summed E-state index contributed by atoms with van der Waals surface area (Å²) in [6.45, 7) is 2.41. The van der Waals surface area contributed by atoms with E-state index in [2.05, 4.69) is 5.32 Å². The number of amides is 2. The van der Waals surface area contributed by atoms with Gasteiger partial charge in [0.25, 0.3) is 11.8 Å². The maximum atomic E-state index is 14.0. The molecule has 0 saturated heterocycles. The third-order valence-electron chi connectivity index (χ3n) is 5.40. The summed E-state index contributed by atoms with van der Waals surface area (Å²) in [4.78, 5) is 27.2. The van der Waals surface area contributed by atoms with Crippen molar-refractivity contribution in [2.45, 2.75) is 32.5 Å². The van der Waals surface area contributed by atoms with Crippen molar-refractivity contribution in [3.8, 4) is 5.75 Å². The van der Waals surface area contributed by atoms with E-state index in [1.54, 1.807) is 29.2 Å². The highest BCUT2D eigenvalue weighted by Gasteiger charge is 2.30. The predicted molar refractivity (Wildman–Crippen MR) is 121 cm³/mol. The predicted octanol–water partition coefficient (Wildman–Crippen LogP) is 5.57. The molecule has 1 unspecified atom stereocenters. The summed E-state index contributed by atoms with van der Waals surface area (Å²) < 4.78 is 33.1. The van der Waals surface area contributed by atoms with Crippen LogP contribution < -0.4 is 10.1 Å². The molecular weight excluding hydrogens is 450 g/mol. The van der Waals surface area contributed by atoms with Crippen molar-refractivity contribution in [3.05, 3.63) is 94.0 Å². The number of halogens is 3. The summed E-state index contributed by atoms with van der Waals surface area (Å²) in [7, 11) is 0. The highest BCUT2D eigenvalue weighted by molar-refractivity contribution is 6.31. The zero-order valence-electron chi connectivity index (χ0n) is 17.8. The van der Waals surface area contributed by atoms with Crippen LogP contribution in [0.2, 0.25) is 5.02 Å². The Labute approximate surface area is 194 Å². The maximum absolute atomic E-state index is 14.0. The van der Waals surface area contributed by atoms with E-state index in [0.29, 0.717) is 41.1 Å². The van der Waals surface area contributed by atoms with Gasteiger partial charge < -0.3 is 15.0 Å². The second-order valence-electron chi connectivity index (χ2n) is 7.70. The molecule has 3 aromatic carbocycles. The fourth-order valence-electron chi connectivity index (χ4n) is 3.68. The number of carbonyl (C=O) groups excluding carboxylic acids is 2. The van der Waals surface area contributed by atoms with Gasteiger partial charge in [0.2, 0.25) is 0 Å². The molecule has 1 heterocycles. The monoisotopic (exact) mass is 470 g/mol. The number of carbonyl (C=O) groups is 2. The standard InChI is InChI=1S/C25H21ClF2N2O3/c1-2-22-25(32)30(13-15-5-3-4-6-20(15)26)14-16-11-18(8-10-23(16)33-22)29-24(31)19-9-7-17(27)12-21(19)28/h3-12,22H,2,13-14H2,1H3,(H,29,31). The Morgan fingerprint density at radius 3 is 2.67 bits per heavy atom. The lowest BCUT2D eigenvalue weighted by molar-refractivity contribution is -0.139. The maximum Gasteiger partial charge on any atom is 0.264 e. The van der Waals surface area contributed by atoms with Crippen molar-refractivity contribution in [2.24, 2.45) is 0 Å². The number of rotatable bonds is 5. The van der Waals surface area contributed by atoms with Gasteiger partial charge >= 0.3 is 0 Å². The van der Waals surface area contributed by atoms with Gasteiger partial charge in [0.15, 0.2) is 6.10 Å². The van der Waals surface area contributed by atoms with Crippen LogP contribution in [0.25, 0.3) is 0 Å². The van der Waals surface area contributed by atoms with E-state index in [1.165, 1.54) is 0 Å². The molecule has 3 aromatic rings. The third kappa shape index (κ3) is 4.98. The van der Waals surface area contributed by atoms with Crippen molar-refractivity contribution in [3.63, 3.8) is 0 Å². The molecule has 4 rings (SSSR count). The average molecular weight is 471 g/mol. The van der Waals surface area contributed by atoms with Gasteiger partial charge in [-0.25, -0.2) is 8.78 Å². The average Bonchev–Trinajstić information content (AvgIpc) is 2.91. The lowest BCUT2D eigenvalue weighted by Gasteiger charge is -2.23. The molecule has 1 atom stereocenters. The largest absolute Gasteiger partial charge is 0.480 e. The first kappa shape index (κ1) is 22.7. The number of nitrogens with zero attached hydrogens (tertiary/aromatic N) is 1. The van der Waals surface area contributed by atoms with E-state index in [-0.39, 0.29) is 18.0 Å². The minimum Gasteiger partial charge on any atom is -0.480 e. The van der Waals surface area contributed by atoms with E-state index in [0.717, 1.165) is 17.7 Å². The van der Waals surface area contributed by atoms with Crippen molar-refractivity contribution >= 4 is 29.1 Å². The number of ether oxygens (including phenoxy) is 1. The quantitative estimate of drug-likeness (QED) is 0.530. The molecule has 170 valence electrons. The molecule has 0 bridgehead atoms. The third-order valence-corrected chi connectivity index (χ3v) is 5.77. The normalized spacial score (nSPS) is 15.5. The molecule has 1 N–H and O–H groups in total. The van der Waals surface area contributed by atoms with E-state index in [9.17, 15) is 18.4 Å². The fourth-order valence-corrected chi connectivity index (χ4v) is 3.88. The number of benzene rings is 3. The van der Waals surface area contributed by atoms with Gasteiger partial charge in [0, 0.05) is 35.4 Å². The molecule has 2 amide bonds. The van der Waals surface area contributed by atoms with E-state index in [4.69, 9.17) is 16.3 Å². The molecule has 0 spiro atoms. The van der Waals surface area contributed by atoms with Crippen LogP contribution in [0.5, 0.6) is 5.75 Å². The Hall–Kier alpha value is -3.45. The van der Waals surface area contributed by atoms with Crippen molar-refractivity contribution in [2.75, 3.05) is 5.32 Å². The van der Waals surface area contributed by atoms with E-state index in [1.807, 2.05) is 25.1 Å². The number of fused-ring (bicyclic) bond motifs is 1. The van der Waals surface area contributed by atoms with Crippen LogP contribution in [0.1, 0.15) is 34.8 Å². The van der Waals surface area contributed by atoms with Crippen LogP contribution in [0.3, 0.4) is 0 Å². The van der Waals surface area contributed by atoms with Crippen molar-refractivity contribution < 1.29 is 23.1 Å². The Morgan fingerprint density at radius 2 is 1.94 bits per heavy atom. The second-order valence-corrected chi connectivity index (χ2v) is 8.11. The van der Waals surface area contributed by atoms with Gasteiger partial charge in [-0.05, 0) is 48.4 Å². The summed E-state index contributed by atoms with van der Waals surface area (Å²) in [6, 6.07) is 15.0. The minimum absolute atomic E-state index is 0.160. The Balaban J connectivity index is 1.61. The molecule has 1 aliphatic heterocycles. The van der Waals surface area contributed by atoms with Crippen LogP contribution in [-0.2, 0) is 17.9 Å². The number of hydrogen-bond donors (Lipinski definition) is 1. The van der Waals surface area contributed by atoms with Gasteiger partial charge in [-0.1, -0.05) is 36.7 Å². The number of hydrogen-bond acceptors (Lipinski definition) is 3. The summed E-state index contributed by atoms with van der Waals surface area (Å²) >= 11 is 6.29. The Bertz CT molecular complexity index is 1220. The number of nitrogens with one attached hydrogen (secondary N) is 1. The Morgan fingerprint density at radius 1 is 1.15 bits per heavy atom. The number of anilines is 1. The highest BCUT2D eigenvalue weighted by Crippen LogP contribution is 2.31. The van der Waals surface area contributed by atoms with E-state index < -0.39 is 23.6 Å². The van der Waals surface area contributed by atoms with Crippen LogP contribution in [-0.4, -0.2) is 22.8 Å². The molecule has 0 aliphatic carbocycles. The smallest absolute Gasteiger partial charge is 0.264 e. The van der Waals surface area contributed by atoms with Crippen LogP contribution in [0.4, 0.5) is 14.5 Å². The van der Waals surface area contributed by atoms with Crippen LogP contribution in [0.15, 0.2) is 60.7 Å². The lowest BCUT2D eigenvalue weighted by Crippen LogP contribution is -2.38. The first-order valence-electron chi connectivity index (χ1n) is 10.4. The van der Waals surface area contributed by atoms with Gasteiger partial charge in [-0.3, -0.25) is 9.59 Å². The SMILES string of the molecule is CCC1Oc2ccc(NC(=O)c3ccc(F)cc3F)cc2CN(Cc2ccccc2Cl)C1=O. The summed E-state index contributed by atoms with van der Waals surface area (Å²) in [6.07, 6.45) is -0.165. The Kier molecular flexibility index (Phi) is 6.60. The zero-order valence-corrected chi connectivity index (χ0v) is 18.5. The zero-order chi connectivity index (χ0) is 23.5. The van der Waals surface area contributed by atoms with Gasteiger partial charge in [0.05, 0.1) is 5.56 Å². The van der Waals surface area contributed by atoms with Crippen LogP contribution >= 0.6 is 11.6 Å².